The van der Waals surface area contributed by atoms with Crippen LogP contribution in [0.15, 0.2) is 28.5 Å². The third-order valence-corrected chi connectivity index (χ3v) is 5.38. The second-order valence-corrected chi connectivity index (χ2v) is 6.64. The molecule has 80 valence electrons. The number of halogens is 1. The van der Waals surface area contributed by atoms with Gasteiger partial charge < -0.3 is 0 Å². The summed E-state index contributed by atoms with van der Waals surface area (Å²) in [6.45, 7) is 0. The van der Waals surface area contributed by atoms with Gasteiger partial charge in [-0.3, -0.25) is 4.21 Å². The van der Waals surface area contributed by atoms with Crippen LogP contribution >= 0.6 is 23.4 Å². The Morgan fingerprint density at radius 1 is 1.33 bits per heavy atom. The summed E-state index contributed by atoms with van der Waals surface area (Å²) in [7, 11) is -0.793. The summed E-state index contributed by atoms with van der Waals surface area (Å²) in [4.78, 5) is 0. The molecular formula is C11H11ClOS2. The van der Waals surface area contributed by atoms with Gasteiger partial charge in [-0.05, 0) is 35.9 Å². The Kier molecular flexibility index (Phi) is 3.89. The van der Waals surface area contributed by atoms with E-state index in [1.54, 1.807) is 11.8 Å². The number of hydrogen-bond acceptors (Lipinski definition) is 2. The Labute approximate surface area is 101 Å². The third-order valence-electron chi connectivity index (χ3n) is 2.10. The van der Waals surface area contributed by atoms with Gasteiger partial charge in [0, 0.05) is 10.8 Å². The largest absolute Gasteiger partial charge is 0.254 e. The Morgan fingerprint density at radius 2 is 2.07 bits per heavy atom. The lowest BCUT2D eigenvalue weighted by molar-refractivity contribution is 0.686. The Morgan fingerprint density at radius 3 is 2.73 bits per heavy atom. The van der Waals surface area contributed by atoms with Crippen molar-refractivity contribution in [3.8, 4) is 0 Å². The van der Waals surface area contributed by atoms with Crippen molar-refractivity contribution < 1.29 is 4.21 Å². The van der Waals surface area contributed by atoms with Gasteiger partial charge in [0.1, 0.15) is 0 Å². The van der Waals surface area contributed by atoms with Crippen molar-refractivity contribution >= 4 is 40.2 Å². The van der Waals surface area contributed by atoms with Crippen LogP contribution in [0.4, 0.5) is 0 Å². The fraction of sp³-hybridized carbons (Fsp3) is 0.273. The molecule has 1 unspecified atom stereocenters. The highest BCUT2D eigenvalue weighted by Gasteiger charge is 2.13. The van der Waals surface area contributed by atoms with Gasteiger partial charge in [0.2, 0.25) is 0 Å². The van der Waals surface area contributed by atoms with Crippen molar-refractivity contribution in [2.24, 2.45) is 0 Å². The second kappa shape index (κ2) is 5.19. The van der Waals surface area contributed by atoms with Crippen LogP contribution in [-0.2, 0) is 10.8 Å². The van der Waals surface area contributed by atoms with Crippen LogP contribution in [0, 0.1) is 0 Å². The fourth-order valence-electron chi connectivity index (χ4n) is 1.33. The van der Waals surface area contributed by atoms with Crippen molar-refractivity contribution in [2.45, 2.75) is 6.42 Å². The normalized spacial score (nSPS) is 24.3. The van der Waals surface area contributed by atoms with Gasteiger partial charge in [0.05, 0.1) is 15.0 Å². The van der Waals surface area contributed by atoms with Crippen molar-refractivity contribution in [2.75, 3.05) is 11.5 Å². The summed E-state index contributed by atoms with van der Waals surface area (Å²) >= 11 is 7.50. The van der Waals surface area contributed by atoms with Gasteiger partial charge in [-0.2, -0.15) is 0 Å². The predicted molar refractivity (Wildman–Crippen MR) is 69.5 cm³/mol. The average molecular weight is 259 g/mol. The molecule has 0 amide bonds. The molecule has 0 N–H and O–H groups in total. The lowest BCUT2D eigenvalue weighted by Gasteiger charge is -2.12. The van der Waals surface area contributed by atoms with Crippen molar-refractivity contribution in [3.63, 3.8) is 0 Å². The van der Waals surface area contributed by atoms with Gasteiger partial charge in [-0.1, -0.05) is 23.7 Å². The first-order valence-electron chi connectivity index (χ1n) is 4.74. The Balaban J connectivity index is 2.21. The van der Waals surface area contributed by atoms with Crippen molar-refractivity contribution in [3.05, 3.63) is 39.1 Å². The van der Waals surface area contributed by atoms with Gasteiger partial charge >= 0.3 is 0 Å². The van der Waals surface area contributed by atoms with Crippen LogP contribution in [0.25, 0.3) is 6.08 Å². The molecule has 1 aromatic carbocycles. The van der Waals surface area contributed by atoms with E-state index >= 15 is 0 Å². The zero-order valence-corrected chi connectivity index (χ0v) is 10.5. The summed E-state index contributed by atoms with van der Waals surface area (Å²) in [5, 5.41) is 0.731. The van der Waals surface area contributed by atoms with Crippen molar-refractivity contribution in [1.29, 1.82) is 0 Å². The van der Waals surface area contributed by atoms with Gasteiger partial charge in [0.25, 0.3) is 0 Å². The first-order chi connectivity index (χ1) is 7.25. The minimum atomic E-state index is -0.793. The molecule has 4 heteroatoms. The van der Waals surface area contributed by atoms with E-state index in [1.165, 1.54) is 0 Å². The molecule has 1 nitrogen and oxygen atoms in total. The maximum absolute atomic E-state index is 11.7. The van der Waals surface area contributed by atoms with E-state index in [2.05, 4.69) is 0 Å². The molecular weight excluding hydrogens is 248 g/mol. The molecule has 1 aliphatic rings. The zero-order valence-electron chi connectivity index (χ0n) is 8.11. The van der Waals surface area contributed by atoms with E-state index in [0.717, 1.165) is 32.7 Å². The van der Waals surface area contributed by atoms with Crippen LogP contribution in [0.3, 0.4) is 0 Å². The molecule has 1 fully saturated rings. The summed E-state index contributed by atoms with van der Waals surface area (Å²) in [5.74, 6) is 1.87. The first kappa shape index (κ1) is 11.2. The standard InChI is InChI=1S/C11H11ClOS2/c12-10-4-2-9(3-5-10)8-11-14-6-1-7-15(11)13/h2-5,8H,1,6-7H2/b11-8+. The lowest BCUT2D eigenvalue weighted by Crippen LogP contribution is -2.06. The smallest absolute Gasteiger partial charge is 0.0722 e. The summed E-state index contributed by atoms with van der Waals surface area (Å²) in [5.41, 5.74) is 1.07. The van der Waals surface area contributed by atoms with Crippen molar-refractivity contribution in [1.82, 2.24) is 0 Å². The maximum Gasteiger partial charge on any atom is 0.0722 e. The zero-order chi connectivity index (χ0) is 10.7. The van der Waals surface area contributed by atoms with Crippen LogP contribution in [-0.4, -0.2) is 15.7 Å². The predicted octanol–water partition coefficient (Wildman–Crippen LogP) is 3.52. The molecule has 0 saturated carbocycles. The summed E-state index contributed by atoms with van der Waals surface area (Å²) < 4.78 is 12.7. The van der Waals surface area contributed by atoms with E-state index in [0.29, 0.717) is 0 Å². The molecule has 0 aliphatic carbocycles. The monoisotopic (exact) mass is 258 g/mol. The summed E-state index contributed by atoms with van der Waals surface area (Å²) in [6.07, 6.45) is 3.05. The van der Waals surface area contributed by atoms with Crippen LogP contribution in [0.2, 0.25) is 5.02 Å². The van der Waals surface area contributed by atoms with Gasteiger partial charge in [0.15, 0.2) is 0 Å². The molecule has 1 saturated heterocycles. The molecule has 0 bridgehead atoms. The molecule has 1 atom stereocenters. The molecule has 0 aromatic heterocycles. The second-order valence-electron chi connectivity index (χ2n) is 3.27. The quantitative estimate of drug-likeness (QED) is 0.767. The molecule has 1 aliphatic heterocycles. The molecule has 1 aromatic rings. The molecule has 1 heterocycles. The van der Waals surface area contributed by atoms with Gasteiger partial charge in [-0.25, -0.2) is 0 Å². The van der Waals surface area contributed by atoms with E-state index < -0.39 is 10.8 Å². The number of benzene rings is 1. The average Bonchev–Trinajstić information content (AvgIpc) is 2.25. The SMILES string of the molecule is O=S1CCCS/C1=C\c1ccc(Cl)cc1. The van der Waals surface area contributed by atoms with E-state index in [-0.39, 0.29) is 0 Å². The Bertz CT molecular complexity index is 398. The molecule has 2 rings (SSSR count). The minimum Gasteiger partial charge on any atom is -0.254 e. The molecule has 0 spiro atoms. The number of hydrogen-bond donors (Lipinski definition) is 0. The van der Waals surface area contributed by atoms with Gasteiger partial charge in [-0.15, -0.1) is 11.8 Å². The summed E-state index contributed by atoms with van der Waals surface area (Å²) in [6, 6.07) is 7.60. The third kappa shape index (κ3) is 3.10. The van der Waals surface area contributed by atoms with E-state index in [4.69, 9.17) is 11.6 Å². The van der Waals surface area contributed by atoms with E-state index in [1.807, 2.05) is 30.3 Å². The molecule has 0 radical (unpaired) electrons. The first-order valence-corrected chi connectivity index (χ1v) is 7.42. The number of thioether (sulfide) groups is 1. The minimum absolute atomic E-state index is 0.731. The van der Waals surface area contributed by atoms with E-state index in [9.17, 15) is 4.21 Å². The van der Waals surface area contributed by atoms with Crippen LogP contribution in [0.5, 0.6) is 0 Å². The maximum atomic E-state index is 11.7. The highest BCUT2D eigenvalue weighted by Crippen LogP contribution is 2.28. The highest BCUT2D eigenvalue weighted by atomic mass is 35.5. The fourth-order valence-corrected chi connectivity index (χ4v) is 4.25. The molecule has 15 heavy (non-hydrogen) atoms. The topological polar surface area (TPSA) is 17.1 Å². The number of rotatable bonds is 1. The highest BCUT2D eigenvalue weighted by molar-refractivity contribution is 8.17. The van der Waals surface area contributed by atoms with Crippen LogP contribution < -0.4 is 0 Å². The lowest BCUT2D eigenvalue weighted by atomic mass is 10.2. The Hall–Kier alpha value is -0.250. The van der Waals surface area contributed by atoms with Crippen LogP contribution in [0.1, 0.15) is 12.0 Å².